The molecule has 1 spiro atoms. The van der Waals surface area contributed by atoms with E-state index >= 15 is 0 Å². The fourth-order valence-corrected chi connectivity index (χ4v) is 8.01. The lowest BCUT2D eigenvalue weighted by Crippen LogP contribution is -2.59. The number of hydrogen-bond acceptors (Lipinski definition) is 7. The molecule has 7 nitrogen and oxygen atoms in total. The molecule has 1 saturated heterocycles. The Morgan fingerprint density at radius 3 is 1.91 bits per heavy atom. The molecule has 2 atom stereocenters. The SMILES string of the molecule is CC(C)(C)[Si](C)(C)OC1CCC(C(CNCc2ccccc2O)(COCc2ccccc2)COCc2ccccc2)CC12OCCO2. The van der Waals surface area contributed by atoms with Crippen LogP contribution in [-0.2, 0) is 43.1 Å². The van der Waals surface area contributed by atoms with Gasteiger partial charge in [0.2, 0.25) is 0 Å². The summed E-state index contributed by atoms with van der Waals surface area (Å²) < 4.78 is 33.4. The zero-order valence-corrected chi connectivity index (χ0v) is 30.0. The van der Waals surface area contributed by atoms with Crippen molar-refractivity contribution in [1.29, 1.82) is 0 Å². The fourth-order valence-electron chi connectivity index (χ4n) is 6.65. The summed E-state index contributed by atoms with van der Waals surface area (Å²) in [5.41, 5.74) is 2.73. The van der Waals surface area contributed by atoms with Gasteiger partial charge in [0.25, 0.3) is 0 Å². The van der Waals surface area contributed by atoms with E-state index in [-0.39, 0.29) is 17.1 Å². The number of nitrogens with one attached hydrogen (secondary N) is 1. The third-order valence-corrected chi connectivity index (χ3v) is 15.0. The van der Waals surface area contributed by atoms with Crippen molar-refractivity contribution in [1.82, 2.24) is 5.32 Å². The van der Waals surface area contributed by atoms with Crippen molar-refractivity contribution in [2.75, 3.05) is 33.0 Å². The summed E-state index contributed by atoms with van der Waals surface area (Å²) in [7, 11) is -2.08. The average molecular weight is 662 g/mol. The number of para-hydroxylation sites is 1. The Morgan fingerprint density at radius 2 is 1.36 bits per heavy atom. The minimum absolute atomic E-state index is 0.0802. The molecule has 1 aliphatic carbocycles. The van der Waals surface area contributed by atoms with Gasteiger partial charge in [-0.2, -0.15) is 0 Å². The van der Waals surface area contributed by atoms with Gasteiger partial charge in [-0.1, -0.05) is 99.6 Å². The van der Waals surface area contributed by atoms with Gasteiger partial charge in [0.05, 0.1) is 45.7 Å². The Balaban J connectivity index is 1.42. The molecule has 256 valence electrons. The molecule has 1 aliphatic heterocycles. The lowest BCUT2D eigenvalue weighted by Gasteiger charge is -2.51. The molecule has 5 rings (SSSR count). The molecule has 8 heteroatoms. The van der Waals surface area contributed by atoms with E-state index in [1.54, 1.807) is 6.07 Å². The van der Waals surface area contributed by atoms with Crippen LogP contribution in [0.2, 0.25) is 18.1 Å². The molecule has 3 aromatic rings. The first kappa shape index (κ1) is 35.7. The van der Waals surface area contributed by atoms with E-state index in [9.17, 15) is 5.11 Å². The summed E-state index contributed by atoms with van der Waals surface area (Å²) in [6.45, 7) is 15.8. The van der Waals surface area contributed by atoms with E-state index in [0.29, 0.717) is 64.9 Å². The van der Waals surface area contributed by atoms with Crippen molar-refractivity contribution in [3.05, 3.63) is 102 Å². The van der Waals surface area contributed by atoms with Crippen LogP contribution in [0.25, 0.3) is 0 Å². The van der Waals surface area contributed by atoms with E-state index in [2.05, 4.69) is 63.4 Å². The molecule has 0 amide bonds. The van der Waals surface area contributed by atoms with E-state index in [0.717, 1.165) is 29.5 Å². The Kier molecular flexibility index (Phi) is 12.0. The highest BCUT2D eigenvalue weighted by atomic mass is 28.4. The highest BCUT2D eigenvalue weighted by molar-refractivity contribution is 6.74. The van der Waals surface area contributed by atoms with Crippen LogP contribution in [-0.4, -0.2) is 58.3 Å². The summed E-state index contributed by atoms with van der Waals surface area (Å²) in [4.78, 5) is 0. The largest absolute Gasteiger partial charge is 0.508 e. The highest BCUT2D eigenvalue weighted by Crippen LogP contribution is 2.50. The number of hydrogen-bond donors (Lipinski definition) is 2. The third kappa shape index (κ3) is 9.12. The van der Waals surface area contributed by atoms with Gasteiger partial charge in [-0.05, 0) is 54.1 Å². The van der Waals surface area contributed by atoms with Gasteiger partial charge in [-0.3, -0.25) is 0 Å². The average Bonchev–Trinajstić information content (AvgIpc) is 3.52. The predicted octanol–water partition coefficient (Wildman–Crippen LogP) is 7.84. The van der Waals surface area contributed by atoms with Gasteiger partial charge in [0.15, 0.2) is 14.1 Å². The number of ether oxygens (including phenoxy) is 4. The van der Waals surface area contributed by atoms with E-state index in [1.807, 2.05) is 54.6 Å². The third-order valence-electron chi connectivity index (χ3n) is 10.5. The van der Waals surface area contributed by atoms with Gasteiger partial charge in [0.1, 0.15) is 5.75 Å². The van der Waals surface area contributed by atoms with Crippen LogP contribution >= 0.6 is 0 Å². The Hall–Kier alpha value is -2.56. The maximum absolute atomic E-state index is 10.5. The lowest BCUT2D eigenvalue weighted by atomic mass is 9.67. The zero-order chi connectivity index (χ0) is 33.4. The summed E-state index contributed by atoms with van der Waals surface area (Å²) in [5.74, 6) is -0.329. The topological polar surface area (TPSA) is 78.4 Å². The summed E-state index contributed by atoms with van der Waals surface area (Å²) in [6, 6.07) is 28.1. The molecule has 3 aromatic carbocycles. The summed E-state index contributed by atoms with van der Waals surface area (Å²) >= 11 is 0. The van der Waals surface area contributed by atoms with Gasteiger partial charge < -0.3 is 33.8 Å². The molecule has 2 N–H and O–H groups in total. The van der Waals surface area contributed by atoms with Crippen LogP contribution in [0.3, 0.4) is 0 Å². The van der Waals surface area contributed by atoms with Crippen molar-refractivity contribution >= 4 is 8.32 Å². The second-order valence-corrected chi connectivity index (χ2v) is 19.7. The molecule has 1 saturated carbocycles. The maximum atomic E-state index is 10.5. The smallest absolute Gasteiger partial charge is 0.193 e. The van der Waals surface area contributed by atoms with Crippen LogP contribution in [0.5, 0.6) is 5.75 Å². The van der Waals surface area contributed by atoms with Crippen molar-refractivity contribution in [2.45, 2.75) is 89.8 Å². The number of phenolic OH excluding ortho intramolecular Hbond substituents is 1. The van der Waals surface area contributed by atoms with Crippen molar-refractivity contribution in [2.24, 2.45) is 11.3 Å². The molecule has 0 bridgehead atoms. The molecule has 2 unspecified atom stereocenters. The minimum atomic E-state index is -2.08. The monoisotopic (exact) mass is 661 g/mol. The molecule has 0 aromatic heterocycles. The van der Waals surface area contributed by atoms with E-state index in [4.69, 9.17) is 23.4 Å². The Labute approximate surface area is 283 Å². The maximum Gasteiger partial charge on any atom is 0.193 e. The van der Waals surface area contributed by atoms with Crippen LogP contribution in [0.4, 0.5) is 0 Å². The highest BCUT2D eigenvalue weighted by Gasteiger charge is 2.56. The first-order valence-corrected chi connectivity index (χ1v) is 20.1. The standard InChI is InChI=1S/C39H55NO6Si/c1-37(2,3)47(4,5)46-36-21-20-34(24-39(36)44-22-23-45-39)38(29-42-26-31-14-8-6-9-15-31,30-43-27-32-16-10-7-11-17-32)28-40-25-33-18-12-13-19-35(33)41/h6-19,34,36,40-41H,20-30H2,1-5H3. The Morgan fingerprint density at radius 1 is 0.809 bits per heavy atom. The van der Waals surface area contributed by atoms with Crippen molar-refractivity contribution in [3.8, 4) is 5.75 Å². The quantitative estimate of drug-likeness (QED) is 0.161. The summed E-state index contributed by atoms with van der Waals surface area (Å²) in [5, 5.41) is 14.3. The zero-order valence-electron chi connectivity index (χ0n) is 29.0. The molecule has 47 heavy (non-hydrogen) atoms. The fraction of sp³-hybridized carbons (Fsp3) is 0.538. The van der Waals surface area contributed by atoms with Crippen molar-refractivity contribution in [3.63, 3.8) is 0 Å². The molecule has 2 fully saturated rings. The molecule has 2 aliphatic rings. The molecule has 0 radical (unpaired) electrons. The summed E-state index contributed by atoms with van der Waals surface area (Å²) in [6.07, 6.45) is 2.36. The van der Waals surface area contributed by atoms with Gasteiger partial charge >= 0.3 is 0 Å². The van der Waals surface area contributed by atoms with Crippen LogP contribution in [0, 0.1) is 11.3 Å². The second kappa shape index (κ2) is 15.8. The van der Waals surface area contributed by atoms with Gasteiger partial charge in [-0.25, -0.2) is 0 Å². The molecule has 1 heterocycles. The van der Waals surface area contributed by atoms with Crippen LogP contribution < -0.4 is 5.32 Å². The number of rotatable bonds is 15. The predicted molar refractivity (Wildman–Crippen MR) is 188 cm³/mol. The lowest BCUT2D eigenvalue weighted by molar-refractivity contribution is -0.252. The minimum Gasteiger partial charge on any atom is -0.508 e. The van der Waals surface area contributed by atoms with Crippen molar-refractivity contribution < 1.29 is 28.5 Å². The number of benzene rings is 3. The normalized spacial score (nSPS) is 20.1. The van der Waals surface area contributed by atoms with Crippen LogP contribution in [0.15, 0.2) is 84.9 Å². The van der Waals surface area contributed by atoms with Gasteiger partial charge in [-0.15, -0.1) is 0 Å². The van der Waals surface area contributed by atoms with Crippen LogP contribution in [0.1, 0.15) is 56.7 Å². The molecular weight excluding hydrogens is 607 g/mol. The molecular formula is C39H55NO6Si. The van der Waals surface area contributed by atoms with Gasteiger partial charge in [0, 0.05) is 30.5 Å². The number of aromatic hydroxyl groups is 1. The van der Waals surface area contributed by atoms with E-state index in [1.165, 1.54) is 0 Å². The Bertz CT molecular complexity index is 1330. The van der Waals surface area contributed by atoms with E-state index < -0.39 is 19.5 Å². The number of phenols is 1. The second-order valence-electron chi connectivity index (χ2n) is 14.9. The first-order valence-electron chi connectivity index (χ1n) is 17.2. The first-order chi connectivity index (χ1) is 22.5.